The predicted molar refractivity (Wildman–Crippen MR) is 74.1 cm³/mol. The number of nitrogens with two attached hydrogens (primary N) is 2. The molecule has 0 saturated heterocycles. The number of aliphatic hydroxyl groups is 1. The first-order valence-electron chi connectivity index (χ1n) is 5.22. The van der Waals surface area contributed by atoms with Gasteiger partial charge in [-0.25, -0.2) is 0 Å². The molecule has 0 unspecified atom stereocenters. The summed E-state index contributed by atoms with van der Waals surface area (Å²) >= 11 is 3.45. The number of nitrogens with one attached hydrogen (secondary N) is 1. The third kappa shape index (κ3) is 5.06. The molecule has 1 atom stereocenters. The van der Waals surface area contributed by atoms with Crippen molar-refractivity contribution in [3.8, 4) is 0 Å². The Balaban J connectivity index is 2.47. The number of benzene rings is 1. The summed E-state index contributed by atoms with van der Waals surface area (Å²) in [4.78, 5) is 3.74. The number of hydrogen-bond acceptors (Lipinski definition) is 3. The lowest BCUT2D eigenvalue weighted by atomic mass is 10.2. The number of hydrogen-bond donors (Lipinski definition) is 4. The summed E-state index contributed by atoms with van der Waals surface area (Å²) in [7, 11) is 0. The van der Waals surface area contributed by atoms with Crippen molar-refractivity contribution in [3.63, 3.8) is 0 Å². The molecule has 0 spiro atoms. The number of aliphatic imine (C=N–C) groups is 1. The van der Waals surface area contributed by atoms with Crippen molar-refractivity contribution in [1.29, 1.82) is 0 Å². The summed E-state index contributed by atoms with van der Waals surface area (Å²) in [5.74, 6) is -0.0134. The summed E-state index contributed by atoms with van der Waals surface area (Å²) in [6, 6.07) is 5.95. The third-order valence-corrected chi connectivity index (χ3v) is 2.79. The van der Waals surface area contributed by atoms with Crippen molar-refractivity contribution in [3.05, 3.63) is 28.2 Å². The van der Waals surface area contributed by atoms with E-state index in [1.165, 1.54) is 5.56 Å². The molecular formula is C11H17BrN4O. The molecule has 0 radical (unpaired) electrons. The molecule has 0 aliphatic rings. The smallest absolute Gasteiger partial charge is 0.185 e. The molecule has 0 aliphatic heterocycles. The maximum Gasteiger partial charge on any atom is 0.185 e. The van der Waals surface area contributed by atoms with Gasteiger partial charge in [0.05, 0.1) is 12.6 Å². The zero-order chi connectivity index (χ0) is 12.8. The zero-order valence-corrected chi connectivity index (χ0v) is 11.2. The lowest BCUT2D eigenvalue weighted by Gasteiger charge is -2.12. The zero-order valence-electron chi connectivity index (χ0n) is 9.65. The third-order valence-electron chi connectivity index (χ3n) is 2.14. The van der Waals surface area contributed by atoms with Crippen molar-refractivity contribution in [2.45, 2.75) is 13.0 Å². The molecule has 1 rings (SSSR count). The van der Waals surface area contributed by atoms with E-state index in [4.69, 9.17) is 11.5 Å². The molecule has 94 valence electrons. The summed E-state index contributed by atoms with van der Waals surface area (Å²) in [5, 5.41) is 12.7. The Morgan fingerprint density at radius 3 is 2.82 bits per heavy atom. The minimum atomic E-state index is -0.620. The maximum absolute atomic E-state index is 9.61. The van der Waals surface area contributed by atoms with Crippen LogP contribution >= 0.6 is 15.9 Å². The van der Waals surface area contributed by atoms with E-state index in [0.29, 0.717) is 6.54 Å². The first-order chi connectivity index (χ1) is 7.99. The van der Waals surface area contributed by atoms with Gasteiger partial charge in [-0.3, -0.25) is 4.99 Å². The van der Waals surface area contributed by atoms with E-state index in [-0.39, 0.29) is 12.5 Å². The van der Waals surface area contributed by atoms with Crippen LogP contribution in [0, 0.1) is 6.92 Å². The van der Waals surface area contributed by atoms with Crippen LogP contribution < -0.4 is 16.8 Å². The van der Waals surface area contributed by atoms with Crippen LogP contribution in [0.3, 0.4) is 0 Å². The molecule has 0 aliphatic carbocycles. The van der Waals surface area contributed by atoms with Gasteiger partial charge in [0, 0.05) is 16.7 Å². The van der Waals surface area contributed by atoms with Crippen molar-refractivity contribution in [1.82, 2.24) is 0 Å². The Bertz CT molecular complexity index is 404. The highest BCUT2D eigenvalue weighted by atomic mass is 79.9. The first kappa shape index (κ1) is 13.8. The van der Waals surface area contributed by atoms with Gasteiger partial charge in [0.1, 0.15) is 0 Å². The molecule has 0 fully saturated rings. The summed E-state index contributed by atoms with van der Waals surface area (Å²) in [6.07, 6.45) is -0.620. The molecule has 5 nitrogen and oxygen atoms in total. The maximum atomic E-state index is 9.61. The van der Waals surface area contributed by atoms with Crippen LogP contribution in [0.2, 0.25) is 0 Å². The minimum Gasteiger partial charge on any atom is -0.389 e. The topological polar surface area (TPSA) is 96.7 Å². The fraction of sp³-hybridized carbons (Fsp3) is 0.364. The van der Waals surface area contributed by atoms with E-state index >= 15 is 0 Å². The van der Waals surface area contributed by atoms with Crippen LogP contribution in [0.5, 0.6) is 0 Å². The van der Waals surface area contributed by atoms with Gasteiger partial charge in [0.15, 0.2) is 5.96 Å². The molecule has 0 aromatic heterocycles. The molecule has 1 aromatic rings. The average molecular weight is 301 g/mol. The Labute approximate surface area is 109 Å². The number of rotatable bonds is 5. The number of guanidine groups is 1. The van der Waals surface area contributed by atoms with Gasteiger partial charge in [-0.2, -0.15) is 0 Å². The summed E-state index contributed by atoms with van der Waals surface area (Å²) in [6.45, 7) is 2.60. The van der Waals surface area contributed by atoms with Crippen LogP contribution in [0.4, 0.5) is 5.69 Å². The van der Waals surface area contributed by atoms with Gasteiger partial charge >= 0.3 is 0 Å². The average Bonchev–Trinajstić information content (AvgIpc) is 2.25. The Morgan fingerprint density at radius 1 is 1.53 bits per heavy atom. The first-order valence-corrected chi connectivity index (χ1v) is 6.02. The largest absolute Gasteiger partial charge is 0.389 e. The molecular weight excluding hydrogens is 284 g/mol. The van der Waals surface area contributed by atoms with E-state index in [1.807, 2.05) is 25.1 Å². The number of anilines is 1. The van der Waals surface area contributed by atoms with Crippen LogP contribution in [0.15, 0.2) is 27.7 Å². The number of aliphatic hydroxyl groups excluding tert-OH is 1. The standard InChI is InChI=1S/C11H17BrN4O/c1-7-2-3-10(9(12)4-7)15-5-8(17)6-16-11(13)14/h2-4,8,15,17H,5-6H2,1H3,(H4,13,14,16)/t8-/m1/s1. The van der Waals surface area contributed by atoms with Crippen molar-refractivity contribution < 1.29 is 5.11 Å². The Hall–Kier alpha value is -1.27. The lowest BCUT2D eigenvalue weighted by molar-refractivity contribution is 0.196. The summed E-state index contributed by atoms with van der Waals surface area (Å²) < 4.78 is 0.964. The SMILES string of the molecule is Cc1ccc(NC[C@@H](O)CN=C(N)N)c(Br)c1. The Morgan fingerprint density at radius 2 is 2.24 bits per heavy atom. The molecule has 0 bridgehead atoms. The summed E-state index contributed by atoms with van der Waals surface area (Å²) in [5.41, 5.74) is 12.5. The lowest BCUT2D eigenvalue weighted by Crippen LogP contribution is -2.28. The second kappa shape index (κ2) is 6.46. The van der Waals surface area contributed by atoms with Gasteiger partial charge in [-0.15, -0.1) is 0 Å². The van der Waals surface area contributed by atoms with Gasteiger partial charge < -0.3 is 21.9 Å². The second-order valence-electron chi connectivity index (χ2n) is 3.78. The fourth-order valence-corrected chi connectivity index (χ4v) is 1.90. The van der Waals surface area contributed by atoms with Gasteiger partial charge in [0.25, 0.3) is 0 Å². The molecule has 6 heteroatoms. The van der Waals surface area contributed by atoms with Crippen molar-refractivity contribution in [2.75, 3.05) is 18.4 Å². The van der Waals surface area contributed by atoms with E-state index in [9.17, 15) is 5.11 Å². The molecule has 0 saturated carbocycles. The molecule has 6 N–H and O–H groups in total. The van der Waals surface area contributed by atoms with Crippen molar-refractivity contribution >= 4 is 27.6 Å². The number of halogens is 1. The van der Waals surface area contributed by atoms with Crippen LogP contribution in [0.1, 0.15) is 5.56 Å². The van der Waals surface area contributed by atoms with E-state index in [0.717, 1.165) is 10.2 Å². The normalized spacial score (nSPS) is 11.9. The highest BCUT2D eigenvalue weighted by Gasteiger charge is 2.05. The quantitative estimate of drug-likeness (QED) is 0.478. The van der Waals surface area contributed by atoms with Gasteiger partial charge in [-0.05, 0) is 40.5 Å². The highest BCUT2D eigenvalue weighted by Crippen LogP contribution is 2.23. The molecule has 17 heavy (non-hydrogen) atoms. The predicted octanol–water partition coefficient (Wildman–Crippen LogP) is 0.804. The van der Waals surface area contributed by atoms with Crippen LogP contribution in [-0.4, -0.2) is 30.3 Å². The minimum absolute atomic E-state index is 0.0134. The molecule has 0 heterocycles. The monoisotopic (exact) mass is 300 g/mol. The van der Waals surface area contributed by atoms with Crippen LogP contribution in [0.25, 0.3) is 0 Å². The van der Waals surface area contributed by atoms with Crippen molar-refractivity contribution in [2.24, 2.45) is 16.5 Å². The molecule has 1 aromatic carbocycles. The number of aryl methyl sites for hydroxylation is 1. The van der Waals surface area contributed by atoms with Gasteiger partial charge in [-0.1, -0.05) is 6.07 Å². The van der Waals surface area contributed by atoms with Gasteiger partial charge in [0.2, 0.25) is 0 Å². The highest BCUT2D eigenvalue weighted by molar-refractivity contribution is 9.10. The fourth-order valence-electron chi connectivity index (χ4n) is 1.27. The number of nitrogens with zero attached hydrogens (tertiary/aromatic N) is 1. The van der Waals surface area contributed by atoms with E-state index < -0.39 is 6.10 Å². The van der Waals surface area contributed by atoms with E-state index in [2.05, 4.69) is 26.2 Å². The Kier molecular flexibility index (Phi) is 5.24. The van der Waals surface area contributed by atoms with Crippen LogP contribution in [-0.2, 0) is 0 Å². The van der Waals surface area contributed by atoms with E-state index in [1.54, 1.807) is 0 Å². The second-order valence-corrected chi connectivity index (χ2v) is 4.64. The molecule has 0 amide bonds.